The highest BCUT2D eigenvalue weighted by molar-refractivity contribution is 5.79. The Bertz CT molecular complexity index is 578. The fourth-order valence-corrected chi connectivity index (χ4v) is 3.31. The normalized spacial score (nSPS) is 18.0. The minimum Gasteiger partial charge on any atom is -0.381 e. The van der Waals surface area contributed by atoms with Gasteiger partial charge in [-0.3, -0.25) is 4.99 Å². The Morgan fingerprint density at radius 2 is 1.92 bits per heavy atom. The molecule has 0 atom stereocenters. The molecule has 1 aliphatic heterocycles. The van der Waals surface area contributed by atoms with Crippen LogP contribution in [0.25, 0.3) is 0 Å². The first kappa shape index (κ1) is 19.7. The van der Waals surface area contributed by atoms with E-state index < -0.39 is 0 Å². The molecule has 0 bridgehead atoms. The van der Waals surface area contributed by atoms with E-state index in [0.717, 1.165) is 38.6 Å². The van der Waals surface area contributed by atoms with Gasteiger partial charge < -0.3 is 20.1 Å². The molecule has 5 heteroatoms. The van der Waals surface area contributed by atoms with Gasteiger partial charge >= 0.3 is 0 Å². The number of aryl methyl sites for hydroxylation is 1. The van der Waals surface area contributed by atoms with Gasteiger partial charge in [-0.1, -0.05) is 24.3 Å². The lowest BCUT2D eigenvalue weighted by molar-refractivity contribution is 0.0267. The lowest BCUT2D eigenvalue weighted by Gasteiger charge is -2.39. The molecule has 0 unspecified atom stereocenters. The molecule has 1 aromatic carbocycles. The minimum atomic E-state index is -0.232. The van der Waals surface area contributed by atoms with Crippen LogP contribution in [0.4, 0.5) is 0 Å². The minimum absolute atomic E-state index is 0.0813. The Morgan fingerprint density at radius 3 is 2.52 bits per heavy atom. The Kier molecular flexibility index (Phi) is 6.85. The summed E-state index contributed by atoms with van der Waals surface area (Å²) in [5.41, 5.74) is 2.61. The first-order valence-corrected chi connectivity index (χ1v) is 9.06. The number of nitrogens with one attached hydrogen (secondary N) is 2. The van der Waals surface area contributed by atoms with Crippen LogP contribution in [-0.2, 0) is 14.9 Å². The van der Waals surface area contributed by atoms with Crippen LogP contribution in [0.5, 0.6) is 0 Å². The van der Waals surface area contributed by atoms with E-state index in [0.29, 0.717) is 6.54 Å². The first-order valence-electron chi connectivity index (χ1n) is 9.06. The third-order valence-electron chi connectivity index (χ3n) is 5.22. The number of aliphatic imine (C=N–C) groups is 1. The molecule has 5 nitrogen and oxygen atoms in total. The fourth-order valence-electron chi connectivity index (χ4n) is 3.31. The van der Waals surface area contributed by atoms with Crippen LogP contribution < -0.4 is 10.6 Å². The molecular weight excluding hydrogens is 314 g/mol. The molecule has 0 aliphatic carbocycles. The van der Waals surface area contributed by atoms with Crippen LogP contribution in [-0.4, -0.2) is 52.0 Å². The number of methoxy groups -OCH3 is 1. The van der Waals surface area contributed by atoms with Crippen LogP contribution in [0.2, 0.25) is 0 Å². The Hall–Kier alpha value is -1.59. The number of hydrogen-bond acceptors (Lipinski definition) is 3. The number of nitrogens with zero attached hydrogens (tertiary/aromatic N) is 1. The summed E-state index contributed by atoms with van der Waals surface area (Å²) in [6.45, 7) is 9.46. The van der Waals surface area contributed by atoms with E-state index in [9.17, 15) is 0 Å². The average Bonchev–Trinajstić information content (AvgIpc) is 2.63. The van der Waals surface area contributed by atoms with Crippen LogP contribution in [0, 0.1) is 6.92 Å². The summed E-state index contributed by atoms with van der Waals surface area (Å²) in [6.07, 6.45) is 2.04. The van der Waals surface area contributed by atoms with E-state index in [1.807, 2.05) is 0 Å². The van der Waals surface area contributed by atoms with E-state index in [1.54, 1.807) is 14.2 Å². The molecule has 1 heterocycles. The van der Waals surface area contributed by atoms with Crippen molar-refractivity contribution < 1.29 is 9.47 Å². The molecule has 0 spiro atoms. The summed E-state index contributed by atoms with van der Waals surface area (Å²) in [6, 6.07) is 8.69. The van der Waals surface area contributed by atoms with Crippen molar-refractivity contribution >= 4 is 5.96 Å². The molecule has 1 aliphatic rings. The summed E-state index contributed by atoms with van der Waals surface area (Å²) in [7, 11) is 3.53. The summed E-state index contributed by atoms with van der Waals surface area (Å²) >= 11 is 0. The van der Waals surface area contributed by atoms with Crippen molar-refractivity contribution in [2.24, 2.45) is 4.99 Å². The lowest BCUT2D eigenvalue weighted by Crippen LogP contribution is -2.50. The van der Waals surface area contributed by atoms with Gasteiger partial charge in [-0.15, -0.1) is 0 Å². The van der Waals surface area contributed by atoms with Crippen LogP contribution in [0.1, 0.15) is 37.8 Å². The molecular formula is C20H33N3O2. The fraction of sp³-hybridized carbons (Fsp3) is 0.650. The SMILES string of the molecule is CN=C(NCC(C)(C)OC)NCC1(c2ccccc2C)CCOCC1. The molecule has 2 N–H and O–H groups in total. The van der Waals surface area contributed by atoms with Gasteiger partial charge in [0.15, 0.2) is 5.96 Å². The molecule has 1 aromatic rings. The van der Waals surface area contributed by atoms with Crippen molar-refractivity contribution in [3.8, 4) is 0 Å². The van der Waals surface area contributed by atoms with Crippen LogP contribution in [0.15, 0.2) is 29.3 Å². The van der Waals surface area contributed by atoms with Gasteiger partial charge in [-0.05, 0) is 44.7 Å². The topological polar surface area (TPSA) is 54.9 Å². The number of benzene rings is 1. The standard InChI is InChI=1S/C20H33N3O2/c1-16-8-6-7-9-17(16)20(10-12-25-13-11-20)15-23-18(21-4)22-14-19(2,3)24-5/h6-9H,10-15H2,1-5H3,(H2,21,22,23). The highest BCUT2D eigenvalue weighted by Gasteiger charge is 2.35. The van der Waals surface area contributed by atoms with Crippen molar-refractivity contribution in [3.63, 3.8) is 0 Å². The van der Waals surface area contributed by atoms with E-state index in [1.165, 1.54) is 11.1 Å². The molecule has 1 saturated heterocycles. The molecule has 0 radical (unpaired) electrons. The summed E-state index contributed by atoms with van der Waals surface area (Å²) < 4.78 is 11.1. The smallest absolute Gasteiger partial charge is 0.191 e. The van der Waals surface area contributed by atoms with E-state index in [-0.39, 0.29) is 11.0 Å². The monoisotopic (exact) mass is 347 g/mol. The van der Waals surface area contributed by atoms with Crippen molar-refractivity contribution in [2.45, 2.75) is 44.6 Å². The Balaban J connectivity index is 2.09. The largest absolute Gasteiger partial charge is 0.381 e. The highest BCUT2D eigenvalue weighted by atomic mass is 16.5. The Labute approximate surface area is 152 Å². The second-order valence-electron chi connectivity index (χ2n) is 7.45. The van der Waals surface area contributed by atoms with Crippen molar-refractivity contribution in [2.75, 3.05) is 40.5 Å². The lowest BCUT2D eigenvalue weighted by atomic mass is 9.72. The summed E-state index contributed by atoms with van der Waals surface area (Å²) in [5, 5.41) is 6.90. The average molecular weight is 348 g/mol. The molecule has 2 rings (SSSR count). The van der Waals surface area contributed by atoms with Crippen molar-refractivity contribution in [1.29, 1.82) is 0 Å². The zero-order chi connectivity index (χ0) is 18.3. The van der Waals surface area contributed by atoms with Gasteiger partial charge in [-0.25, -0.2) is 0 Å². The molecule has 140 valence electrons. The summed E-state index contributed by atoms with van der Waals surface area (Å²) in [4.78, 5) is 4.36. The van der Waals surface area contributed by atoms with Gasteiger partial charge in [0.2, 0.25) is 0 Å². The highest BCUT2D eigenvalue weighted by Crippen LogP contribution is 2.36. The molecule has 1 fully saturated rings. The maximum atomic E-state index is 5.64. The predicted octanol–water partition coefficient (Wildman–Crippen LogP) is 2.63. The second kappa shape index (κ2) is 8.68. The number of guanidine groups is 1. The second-order valence-corrected chi connectivity index (χ2v) is 7.45. The van der Waals surface area contributed by atoms with Gasteiger partial charge in [0.05, 0.1) is 5.60 Å². The number of rotatable bonds is 6. The summed E-state index contributed by atoms with van der Waals surface area (Å²) in [5.74, 6) is 0.810. The third-order valence-corrected chi connectivity index (χ3v) is 5.22. The number of ether oxygens (including phenoxy) is 2. The zero-order valence-electron chi connectivity index (χ0n) is 16.3. The van der Waals surface area contributed by atoms with E-state index in [2.05, 4.69) is 60.7 Å². The van der Waals surface area contributed by atoms with Crippen molar-refractivity contribution in [3.05, 3.63) is 35.4 Å². The van der Waals surface area contributed by atoms with Gasteiger partial charge in [0.25, 0.3) is 0 Å². The van der Waals surface area contributed by atoms with Gasteiger partial charge in [-0.2, -0.15) is 0 Å². The Morgan fingerprint density at radius 1 is 1.24 bits per heavy atom. The van der Waals surface area contributed by atoms with Crippen molar-refractivity contribution in [1.82, 2.24) is 10.6 Å². The molecule has 25 heavy (non-hydrogen) atoms. The molecule has 0 aromatic heterocycles. The predicted molar refractivity (Wildman–Crippen MR) is 103 cm³/mol. The van der Waals surface area contributed by atoms with E-state index >= 15 is 0 Å². The van der Waals surface area contributed by atoms with Crippen LogP contribution >= 0.6 is 0 Å². The van der Waals surface area contributed by atoms with Crippen LogP contribution in [0.3, 0.4) is 0 Å². The van der Waals surface area contributed by atoms with E-state index in [4.69, 9.17) is 9.47 Å². The quantitative estimate of drug-likeness (QED) is 0.614. The third kappa shape index (κ3) is 5.19. The maximum absolute atomic E-state index is 5.64. The molecule has 0 amide bonds. The maximum Gasteiger partial charge on any atom is 0.191 e. The zero-order valence-corrected chi connectivity index (χ0v) is 16.3. The number of hydrogen-bond donors (Lipinski definition) is 2. The molecule has 0 saturated carbocycles. The van der Waals surface area contributed by atoms with Gasteiger partial charge in [0.1, 0.15) is 0 Å². The van der Waals surface area contributed by atoms with Gasteiger partial charge in [0, 0.05) is 45.9 Å². The first-order chi connectivity index (χ1) is 11.9.